The summed E-state index contributed by atoms with van der Waals surface area (Å²) in [6, 6.07) is 19.2. The number of nitriles is 1. The van der Waals surface area contributed by atoms with Gasteiger partial charge in [-0.25, -0.2) is 0 Å². The summed E-state index contributed by atoms with van der Waals surface area (Å²) in [4.78, 5) is 51.4. The molecule has 2 aromatic carbocycles. The highest BCUT2D eigenvalue weighted by molar-refractivity contribution is 8.00. The first-order valence-corrected chi connectivity index (χ1v) is 15.7. The fourth-order valence-electron chi connectivity index (χ4n) is 4.59. The maximum Gasteiger partial charge on any atom is 0.246 e. The van der Waals surface area contributed by atoms with Gasteiger partial charge in [-0.05, 0) is 38.3 Å². The molecule has 1 saturated heterocycles. The molecule has 46 heavy (non-hydrogen) atoms. The van der Waals surface area contributed by atoms with E-state index in [2.05, 4.69) is 37.1 Å². The summed E-state index contributed by atoms with van der Waals surface area (Å²) in [5.41, 5.74) is 1.97. The molecule has 4 rings (SSSR count). The van der Waals surface area contributed by atoms with E-state index in [1.165, 1.54) is 11.8 Å². The van der Waals surface area contributed by atoms with Crippen molar-refractivity contribution in [3.8, 4) is 17.5 Å². The van der Waals surface area contributed by atoms with Gasteiger partial charge in [0.2, 0.25) is 29.5 Å². The fraction of sp³-hybridized carbons (Fsp3) is 0.406. The van der Waals surface area contributed by atoms with Crippen LogP contribution >= 0.6 is 11.8 Å². The van der Waals surface area contributed by atoms with Crippen molar-refractivity contribution in [2.75, 3.05) is 26.3 Å². The zero-order chi connectivity index (χ0) is 33.1. The monoisotopic (exact) mass is 644 g/mol. The number of amides is 4. The number of hydrogen-bond acceptors (Lipinski definition) is 11. The highest BCUT2D eigenvalue weighted by Gasteiger charge is 2.41. The standard InChI is InChI=1S/C32H36N8O5S/c1-21-36-38-30(39-37-21)24-11-9-22(10-12-24)17-35-28(42)19-45-14-13-34-27(41)18-40-29(43)15-25(31(40)44)46-26(16-32(2,3)20-33)23-7-5-4-6-8-23/h4-12,25-26H,13-19H2,1-3H3,(H,34,41)(H,35,42). The van der Waals surface area contributed by atoms with Gasteiger partial charge in [0, 0.05) is 30.3 Å². The smallest absolute Gasteiger partial charge is 0.246 e. The van der Waals surface area contributed by atoms with Gasteiger partial charge in [-0.2, -0.15) is 5.26 Å². The van der Waals surface area contributed by atoms with Gasteiger partial charge in [-0.15, -0.1) is 32.2 Å². The molecule has 0 aliphatic carbocycles. The van der Waals surface area contributed by atoms with Gasteiger partial charge in [-0.1, -0.05) is 54.6 Å². The minimum Gasteiger partial charge on any atom is -0.370 e. The third kappa shape index (κ3) is 9.88. The number of nitrogens with zero attached hydrogens (tertiary/aromatic N) is 6. The van der Waals surface area contributed by atoms with Gasteiger partial charge in [0.05, 0.1) is 23.3 Å². The van der Waals surface area contributed by atoms with Crippen LogP contribution in [0.15, 0.2) is 54.6 Å². The third-order valence-electron chi connectivity index (χ3n) is 7.08. The molecule has 4 amide bonds. The zero-order valence-corrected chi connectivity index (χ0v) is 26.7. The molecule has 0 spiro atoms. The number of ether oxygens (including phenoxy) is 1. The van der Waals surface area contributed by atoms with Crippen LogP contribution in [0.4, 0.5) is 0 Å². The maximum absolute atomic E-state index is 13.1. The average molecular weight is 645 g/mol. The number of thioether (sulfide) groups is 1. The van der Waals surface area contributed by atoms with Gasteiger partial charge in [0.25, 0.3) is 0 Å². The van der Waals surface area contributed by atoms with Gasteiger partial charge in [0.15, 0.2) is 5.82 Å². The van der Waals surface area contributed by atoms with Crippen LogP contribution in [-0.2, 0) is 30.5 Å². The molecule has 14 heteroatoms. The number of carbonyl (C=O) groups excluding carboxylic acids is 4. The Hall–Kier alpha value is -4.74. The Bertz CT molecular complexity index is 1560. The Morgan fingerprint density at radius 3 is 2.41 bits per heavy atom. The lowest BCUT2D eigenvalue weighted by Gasteiger charge is -2.25. The number of imide groups is 1. The van der Waals surface area contributed by atoms with E-state index >= 15 is 0 Å². The van der Waals surface area contributed by atoms with E-state index in [0.717, 1.165) is 21.6 Å². The minimum atomic E-state index is -0.642. The SMILES string of the molecule is Cc1nnc(-c2ccc(CNC(=O)COCCNC(=O)CN3C(=O)CC(SC(CC(C)(C)C#N)c4ccccc4)C3=O)cc2)nn1. The molecule has 2 atom stereocenters. The summed E-state index contributed by atoms with van der Waals surface area (Å²) in [6.45, 7) is 5.27. The van der Waals surface area contributed by atoms with Crippen LogP contribution in [-0.4, -0.2) is 80.5 Å². The number of carbonyl (C=O) groups is 4. The lowest BCUT2D eigenvalue weighted by molar-refractivity contribution is -0.142. The normalized spacial score (nSPS) is 15.3. The molecule has 3 aromatic rings. The van der Waals surface area contributed by atoms with Gasteiger partial charge < -0.3 is 15.4 Å². The number of aryl methyl sites for hydroxylation is 1. The summed E-state index contributed by atoms with van der Waals surface area (Å²) in [5, 5.41) is 29.9. The molecule has 13 nitrogen and oxygen atoms in total. The molecule has 1 aliphatic rings. The quantitative estimate of drug-likeness (QED) is 0.183. The highest BCUT2D eigenvalue weighted by atomic mass is 32.2. The molecule has 1 aromatic heterocycles. The number of nitrogens with one attached hydrogen (secondary N) is 2. The Kier molecular flexibility index (Phi) is 11.9. The van der Waals surface area contributed by atoms with Crippen LogP contribution in [0.25, 0.3) is 11.4 Å². The molecule has 2 N–H and O–H groups in total. The van der Waals surface area contributed by atoms with E-state index < -0.39 is 34.9 Å². The van der Waals surface area contributed by atoms with E-state index in [-0.39, 0.29) is 37.3 Å². The number of likely N-dealkylation sites (tertiary alicyclic amines) is 1. The first-order valence-electron chi connectivity index (χ1n) is 14.7. The summed E-state index contributed by atoms with van der Waals surface area (Å²) < 4.78 is 5.35. The van der Waals surface area contributed by atoms with E-state index in [1.807, 2.05) is 68.4 Å². The molecule has 2 heterocycles. The van der Waals surface area contributed by atoms with Crippen molar-refractivity contribution in [2.45, 2.75) is 50.7 Å². The van der Waals surface area contributed by atoms with Crippen molar-refractivity contribution >= 4 is 35.4 Å². The van der Waals surface area contributed by atoms with E-state index in [1.54, 1.807) is 6.92 Å². The average Bonchev–Trinajstić information content (AvgIpc) is 3.31. The summed E-state index contributed by atoms with van der Waals surface area (Å²) in [7, 11) is 0. The Morgan fingerprint density at radius 2 is 1.74 bits per heavy atom. The topological polar surface area (TPSA) is 180 Å². The number of hydrogen-bond donors (Lipinski definition) is 2. The maximum atomic E-state index is 13.1. The van der Waals surface area contributed by atoms with Crippen molar-refractivity contribution in [1.82, 2.24) is 35.9 Å². The van der Waals surface area contributed by atoms with Crippen molar-refractivity contribution < 1.29 is 23.9 Å². The van der Waals surface area contributed by atoms with E-state index in [0.29, 0.717) is 24.6 Å². The third-order valence-corrected chi connectivity index (χ3v) is 8.55. The van der Waals surface area contributed by atoms with Crippen LogP contribution in [0, 0.1) is 23.7 Å². The molecule has 0 bridgehead atoms. The van der Waals surface area contributed by atoms with Crippen molar-refractivity contribution in [1.29, 1.82) is 5.26 Å². The minimum absolute atomic E-state index is 0.00835. The van der Waals surface area contributed by atoms with Crippen molar-refractivity contribution in [3.05, 3.63) is 71.5 Å². The lowest BCUT2D eigenvalue weighted by Crippen LogP contribution is -2.42. The largest absolute Gasteiger partial charge is 0.370 e. The second-order valence-electron chi connectivity index (χ2n) is 11.4. The first-order chi connectivity index (χ1) is 22.0. The zero-order valence-electron chi connectivity index (χ0n) is 25.9. The molecule has 1 fully saturated rings. The highest BCUT2D eigenvalue weighted by Crippen LogP contribution is 2.43. The van der Waals surface area contributed by atoms with Crippen LogP contribution < -0.4 is 10.6 Å². The first kappa shape index (κ1) is 34.1. The Labute approximate surface area is 271 Å². The van der Waals surface area contributed by atoms with E-state index in [4.69, 9.17) is 4.74 Å². The molecule has 0 saturated carbocycles. The van der Waals surface area contributed by atoms with Gasteiger partial charge in [0.1, 0.15) is 13.2 Å². The number of benzene rings is 2. The van der Waals surface area contributed by atoms with Crippen LogP contribution in [0.2, 0.25) is 0 Å². The molecular formula is C32H36N8O5S. The predicted molar refractivity (Wildman–Crippen MR) is 169 cm³/mol. The number of rotatable bonds is 15. The predicted octanol–water partition coefficient (Wildman–Crippen LogP) is 2.53. The van der Waals surface area contributed by atoms with Gasteiger partial charge in [-0.3, -0.25) is 24.1 Å². The van der Waals surface area contributed by atoms with Crippen molar-refractivity contribution in [2.24, 2.45) is 5.41 Å². The second-order valence-corrected chi connectivity index (χ2v) is 12.8. The molecule has 1 aliphatic heterocycles. The lowest BCUT2D eigenvalue weighted by atomic mass is 9.87. The number of aromatic nitrogens is 4. The second kappa shape index (κ2) is 16.0. The van der Waals surface area contributed by atoms with Crippen LogP contribution in [0.3, 0.4) is 0 Å². The molecule has 0 radical (unpaired) electrons. The summed E-state index contributed by atoms with van der Waals surface area (Å²) in [5.74, 6) is -0.762. The molecule has 240 valence electrons. The molecular weight excluding hydrogens is 608 g/mol. The molecule has 2 unspecified atom stereocenters. The summed E-state index contributed by atoms with van der Waals surface area (Å²) >= 11 is 1.36. The Morgan fingerprint density at radius 1 is 1.04 bits per heavy atom. The Balaban J connectivity index is 1.15. The van der Waals surface area contributed by atoms with E-state index in [9.17, 15) is 24.4 Å². The van der Waals surface area contributed by atoms with Crippen molar-refractivity contribution in [3.63, 3.8) is 0 Å². The van der Waals surface area contributed by atoms with Crippen LogP contribution in [0.1, 0.15) is 48.9 Å². The summed E-state index contributed by atoms with van der Waals surface area (Å²) in [6.07, 6.45) is 0.494. The van der Waals surface area contributed by atoms with Crippen LogP contribution in [0.5, 0.6) is 0 Å². The van der Waals surface area contributed by atoms with Gasteiger partial charge >= 0.3 is 0 Å². The fourth-order valence-corrected chi connectivity index (χ4v) is 6.30.